The van der Waals surface area contributed by atoms with Crippen LogP contribution in [-0.4, -0.2) is 30.7 Å². The molecule has 1 aliphatic heterocycles. The molecule has 9 heteroatoms. The van der Waals surface area contributed by atoms with Crippen molar-refractivity contribution in [1.82, 2.24) is 5.32 Å². The Bertz CT molecular complexity index is 1070. The smallest absolute Gasteiger partial charge is 0.279 e. The number of nitrogens with zero attached hydrogens (tertiary/aromatic N) is 1. The molecule has 0 atom stereocenters. The third kappa shape index (κ3) is 5.33. The standard InChI is InChI=1S/C21H16BrClN2O4S/c1-3-8-29-18-15(22)9-12(10-16(18)28-2)11-17-20(27)25-21(30-17)24-19(26)13-4-6-14(23)7-5-13/h3-7,9-11H,1,8H2,2H3,(H,24,25,26,27)/b17-11-. The van der Waals surface area contributed by atoms with Crippen molar-refractivity contribution in [3.05, 3.63) is 74.6 Å². The Hall–Kier alpha value is -2.55. The molecule has 30 heavy (non-hydrogen) atoms. The van der Waals surface area contributed by atoms with Crippen LogP contribution in [0.4, 0.5) is 0 Å². The first-order valence-corrected chi connectivity index (χ1v) is 10.6. The summed E-state index contributed by atoms with van der Waals surface area (Å²) < 4.78 is 11.7. The highest BCUT2D eigenvalue weighted by molar-refractivity contribution is 9.10. The molecule has 1 aliphatic rings. The summed E-state index contributed by atoms with van der Waals surface area (Å²) in [6, 6.07) is 9.91. The average Bonchev–Trinajstić information content (AvgIpc) is 3.05. The number of nitrogens with one attached hydrogen (secondary N) is 1. The minimum atomic E-state index is -0.469. The monoisotopic (exact) mass is 506 g/mol. The maximum atomic E-state index is 12.3. The molecule has 0 saturated carbocycles. The number of methoxy groups -OCH3 is 1. The largest absolute Gasteiger partial charge is 0.493 e. The van der Waals surface area contributed by atoms with Gasteiger partial charge in [0.05, 0.1) is 16.5 Å². The lowest BCUT2D eigenvalue weighted by Gasteiger charge is -2.12. The molecule has 0 spiro atoms. The van der Waals surface area contributed by atoms with E-state index in [0.29, 0.717) is 43.6 Å². The van der Waals surface area contributed by atoms with Crippen molar-refractivity contribution in [3.8, 4) is 11.5 Å². The number of rotatable bonds is 6. The van der Waals surface area contributed by atoms with E-state index in [1.165, 1.54) is 7.11 Å². The molecule has 154 valence electrons. The number of amides is 2. The van der Waals surface area contributed by atoms with E-state index in [0.717, 1.165) is 11.8 Å². The summed E-state index contributed by atoms with van der Waals surface area (Å²) in [6.45, 7) is 3.96. The van der Waals surface area contributed by atoms with Gasteiger partial charge in [-0.1, -0.05) is 24.3 Å². The van der Waals surface area contributed by atoms with E-state index in [1.807, 2.05) is 0 Å². The van der Waals surface area contributed by atoms with Gasteiger partial charge in [0, 0.05) is 10.6 Å². The topological polar surface area (TPSA) is 77.0 Å². The highest BCUT2D eigenvalue weighted by atomic mass is 79.9. The fourth-order valence-electron chi connectivity index (χ4n) is 2.49. The van der Waals surface area contributed by atoms with Crippen LogP contribution in [0.5, 0.6) is 11.5 Å². The predicted molar refractivity (Wildman–Crippen MR) is 123 cm³/mol. The lowest BCUT2D eigenvalue weighted by Crippen LogP contribution is -2.20. The fourth-order valence-corrected chi connectivity index (χ4v) is 4.01. The summed E-state index contributed by atoms with van der Waals surface area (Å²) in [4.78, 5) is 29.0. The van der Waals surface area contributed by atoms with Crippen molar-refractivity contribution in [3.63, 3.8) is 0 Å². The number of halogens is 2. The second kappa shape index (κ2) is 9.97. The van der Waals surface area contributed by atoms with E-state index in [9.17, 15) is 9.59 Å². The number of aliphatic imine (C=N–C) groups is 1. The zero-order chi connectivity index (χ0) is 21.7. The molecule has 0 unspecified atom stereocenters. The number of carbonyl (C=O) groups is 2. The highest BCUT2D eigenvalue weighted by Gasteiger charge is 2.25. The fraction of sp³-hybridized carbons (Fsp3) is 0.0952. The molecule has 1 saturated heterocycles. The molecule has 2 amide bonds. The maximum absolute atomic E-state index is 12.3. The molecule has 6 nitrogen and oxygen atoms in total. The second-order valence-corrected chi connectivity index (χ2v) is 8.25. The molecule has 0 radical (unpaired) electrons. The third-order valence-electron chi connectivity index (χ3n) is 3.84. The molecular weight excluding hydrogens is 492 g/mol. The van der Waals surface area contributed by atoms with Crippen molar-refractivity contribution in [1.29, 1.82) is 0 Å². The number of carbonyl (C=O) groups excluding carboxylic acids is 2. The van der Waals surface area contributed by atoms with Gasteiger partial charge in [-0.25, -0.2) is 0 Å². The Morgan fingerprint density at radius 2 is 2.07 bits per heavy atom. The lowest BCUT2D eigenvalue weighted by molar-refractivity contribution is -0.115. The minimum absolute atomic E-state index is 0.211. The number of hydrogen-bond donors (Lipinski definition) is 1. The molecule has 3 rings (SSSR count). The van der Waals surface area contributed by atoms with Gasteiger partial charge in [0.2, 0.25) is 0 Å². The summed E-state index contributed by atoms with van der Waals surface area (Å²) in [5, 5.41) is 3.33. The first kappa shape index (κ1) is 22.1. The molecule has 2 aromatic rings. The van der Waals surface area contributed by atoms with Crippen LogP contribution in [0.1, 0.15) is 15.9 Å². The third-order valence-corrected chi connectivity index (χ3v) is 5.59. The highest BCUT2D eigenvalue weighted by Crippen LogP contribution is 2.38. The summed E-state index contributed by atoms with van der Waals surface area (Å²) in [5.74, 6) is 0.237. The van der Waals surface area contributed by atoms with Crippen molar-refractivity contribution >= 4 is 62.4 Å². The molecule has 2 aromatic carbocycles. The molecule has 0 aliphatic carbocycles. The summed E-state index contributed by atoms with van der Waals surface area (Å²) in [6.07, 6.45) is 3.31. The van der Waals surface area contributed by atoms with Gasteiger partial charge in [0.1, 0.15) is 6.61 Å². The Kier molecular flexibility index (Phi) is 7.36. The summed E-state index contributed by atoms with van der Waals surface area (Å²) in [7, 11) is 1.53. The summed E-state index contributed by atoms with van der Waals surface area (Å²) in [5.41, 5.74) is 1.09. The van der Waals surface area contributed by atoms with Crippen molar-refractivity contribution in [2.75, 3.05) is 13.7 Å². The maximum Gasteiger partial charge on any atom is 0.279 e. The van der Waals surface area contributed by atoms with Gasteiger partial charge in [-0.3, -0.25) is 9.59 Å². The zero-order valence-electron chi connectivity index (χ0n) is 15.8. The van der Waals surface area contributed by atoms with Crippen molar-refractivity contribution in [2.45, 2.75) is 0 Å². The van der Waals surface area contributed by atoms with Gasteiger partial charge in [0.25, 0.3) is 11.8 Å². The van der Waals surface area contributed by atoms with Crippen LogP contribution >= 0.6 is 39.3 Å². The zero-order valence-corrected chi connectivity index (χ0v) is 18.9. The van der Waals surface area contributed by atoms with E-state index in [-0.39, 0.29) is 11.1 Å². The minimum Gasteiger partial charge on any atom is -0.493 e. The number of benzene rings is 2. The van der Waals surface area contributed by atoms with Crippen LogP contribution in [-0.2, 0) is 4.79 Å². The normalized spacial score (nSPS) is 15.9. The average molecular weight is 508 g/mol. The van der Waals surface area contributed by atoms with Crippen LogP contribution in [0.15, 0.2) is 63.4 Å². The quantitative estimate of drug-likeness (QED) is 0.436. The van der Waals surface area contributed by atoms with Gasteiger partial charge >= 0.3 is 0 Å². The van der Waals surface area contributed by atoms with Crippen LogP contribution in [0.2, 0.25) is 5.02 Å². The Labute approximate surface area is 191 Å². The number of ether oxygens (including phenoxy) is 2. The number of amidine groups is 1. The lowest BCUT2D eigenvalue weighted by atomic mass is 10.2. The van der Waals surface area contributed by atoms with Gasteiger partial charge < -0.3 is 14.8 Å². The first-order valence-electron chi connectivity index (χ1n) is 8.62. The molecule has 1 heterocycles. The van der Waals surface area contributed by atoms with Gasteiger partial charge in [-0.2, -0.15) is 4.99 Å². The van der Waals surface area contributed by atoms with Crippen molar-refractivity contribution in [2.24, 2.45) is 4.99 Å². The van der Waals surface area contributed by atoms with Crippen LogP contribution in [0, 0.1) is 0 Å². The van der Waals surface area contributed by atoms with E-state index < -0.39 is 5.91 Å². The molecule has 1 fully saturated rings. The SMILES string of the molecule is C=CCOc1c(Br)cc(/C=C2\SC(=NC(=O)c3ccc(Cl)cc3)NC2=O)cc1OC. The van der Waals surface area contributed by atoms with Crippen LogP contribution in [0.3, 0.4) is 0 Å². The first-order chi connectivity index (χ1) is 14.4. The van der Waals surface area contributed by atoms with Gasteiger partial charge in [-0.15, -0.1) is 0 Å². The van der Waals surface area contributed by atoms with Crippen LogP contribution < -0.4 is 14.8 Å². The molecule has 0 bridgehead atoms. The molecule has 1 N–H and O–H groups in total. The van der Waals surface area contributed by atoms with Crippen molar-refractivity contribution < 1.29 is 19.1 Å². The Morgan fingerprint density at radius 1 is 1.33 bits per heavy atom. The van der Waals surface area contributed by atoms with Crippen LogP contribution in [0.25, 0.3) is 6.08 Å². The van der Waals surface area contributed by atoms with E-state index in [4.69, 9.17) is 21.1 Å². The Balaban J connectivity index is 1.82. The van der Waals surface area contributed by atoms with E-state index in [2.05, 4.69) is 32.8 Å². The van der Waals surface area contributed by atoms with E-state index in [1.54, 1.807) is 48.6 Å². The Morgan fingerprint density at radius 3 is 2.73 bits per heavy atom. The molecule has 0 aromatic heterocycles. The van der Waals surface area contributed by atoms with Gasteiger partial charge in [0.15, 0.2) is 16.7 Å². The second-order valence-electron chi connectivity index (χ2n) is 5.93. The van der Waals surface area contributed by atoms with E-state index >= 15 is 0 Å². The summed E-state index contributed by atoms with van der Waals surface area (Å²) >= 11 is 10.4. The van der Waals surface area contributed by atoms with Gasteiger partial charge in [-0.05, 0) is 75.7 Å². The molecular formula is C21H16BrClN2O4S. The number of thioether (sulfide) groups is 1. The predicted octanol–water partition coefficient (Wildman–Crippen LogP) is 5.08. The number of hydrogen-bond acceptors (Lipinski definition) is 5.